The van der Waals surface area contributed by atoms with E-state index in [2.05, 4.69) is 10.3 Å². The topological polar surface area (TPSA) is 60.5 Å². The van der Waals surface area contributed by atoms with Crippen molar-refractivity contribution in [1.82, 2.24) is 4.98 Å². The van der Waals surface area contributed by atoms with Crippen LogP contribution in [0.1, 0.15) is 29.0 Å². The first-order valence-electron chi connectivity index (χ1n) is 7.69. The van der Waals surface area contributed by atoms with Crippen LogP contribution in [0.15, 0.2) is 18.2 Å². The van der Waals surface area contributed by atoms with Gasteiger partial charge in [-0.05, 0) is 43.4 Å². The predicted molar refractivity (Wildman–Crippen MR) is 90.6 cm³/mol. The molecule has 0 unspecified atom stereocenters. The molecule has 2 aromatic rings. The van der Waals surface area contributed by atoms with Crippen molar-refractivity contribution in [3.8, 4) is 11.5 Å². The lowest BCUT2D eigenvalue weighted by Crippen LogP contribution is -2.14. The number of nitrogens with zero attached hydrogens (tertiary/aromatic N) is 1. The molecule has 0 bridgehead atoms. The van der Waals surface area contributed by atoms with E-state index in [1.807, 2.05) is 18.2 Å². The van der Waals surface area contributed by atoms with Gasteiger partial charge in [0.05, 0.1) is 26.3 Å². The summed E-state index contributed by atoms with van der Waals surface area (Å²) >= 11 is 1.60. The average molecular weight is 332 g/mol. The Bertz CT molecular complexity index is 688. The number of methoxy groups -OCH3 is 2. The minimum atomic E-state index is -0.0664. The number of rotatable bonds is 5. The van der Waals surface area contributed by atoms with Gasteiger partial charge in [0.1, 0.15) is 0 Å². The molecule has 1 heterocycles. The SMILES string of the molecule is COc1ccc(CC(=O)Nc2nc3c(s2)CCCC3)cc1OC. The summed E-state index contributed by atoms with van der Waals surface area (Å²) < 4.78 is 10.5. The summed E-state index contributed by atoms with van der Waals surface area (Å²) in [5.74, 6) is 1.22. The zero-order valence-electron chi connectivity index (χ0n) is 13.3. The predicted octanol–water partition coefficient (Wildman–Crippen LogP) is 3.22. The molecule has 1 N–H and O–H groups in total. The van der Waals surface area contributed by atoms with Crippen molar-refractivity contribution in [2.75, 3.05) is 19.5 Å². The molecule has 1 amide bonds. The highest BCUT2D eigenvalue weighted by atomic mass is 32.1. The number of amides is 1. The van der Waals surface area contributed by atoms with Gasteiger partial charge in [-0.1, -0.05) is 6.07 Å². The molecule has 1 aromatic heterocycles. The zero-order chi connectivity index (χ0) is 16.2. The maximum atomic E-state index is 12.2. The number of aromatic nitrogens is 1. The quantitative estimate of drug-likeness (QED) is 0.913. The van der Waals surface area contributed by atoms with Crippen molar-refractivity contribution >= 4 is 22.4 Å². The van der Waals surface area contributed by atoms with Crippen LogP contribution in [0.25, 0.3) is 0 Å². The van der Waals surface area contributed by atoms with Crippen molar-refractivity contribution in [2.24, 2.45) is 0 Å². The van der Waals surface area contributed by atoms with Crippen LogP contribution < -0.4 is 14.8 Å². The Morgan fingerprint density at radius 2 is 2.00 bits per heavy atom. The van der Waals surface area contributed by atoms with Gasteiger partial charge in [0, 0.05) is 4.88 Å². The third-order valence-electron chi connectivity index (χ3n) is 3.90. The van der Waals surface area contributed by atoms with Crippen LogP contribution in [-0.4, -0.2) is 25.1 Å². The lowest BCUT2D eigenvalue weighted by atomic mass is 10.0. The fourth-order valence-corrected chi connectivity index (χ4v) is 3.81. The molecule has 0 radical (unpaired) electrons. The number of hydrogen-bond donors (Lipinski definition) is 1. The number of thiazole rings is 1. The first kappa shape index (κ1) is 15.8. The van der Waals surface area contributed by atoms with E-state index in [0.29, 0.717) is 16.6 Å². The van der Waals surface area contributed by atoms with Crippen LogP contribution in [0.5, 0.6) is 11.5 Å². The molecule has 5 nitrogen and oxygen atoms in total. The van der Waals surface area contributed by atoms with Crippen LogP contribution in [0, 0.1) is 0 Å². The highest BCUT2D eigenvalue weighted by molar-refractivity contribution is 7.15. The summed E-state index contributed by atoms with van der Waals surface area (Å²) in [6.07, 6.45) is 4.80. The molecule has 1 aromatic carbocycles. The number of hydrogen-bond acceptors (Lipinski definition) is 5. The lowest BCUT2D eigenvalue weighted by Gasteiger charge is -2.09. The smallest absolute Gasteiger partial charge is 0.230 e. The van der Waals surface area contributed by atoms with Crippen molar-refractivity contribution in [3.05, 3.63) is 34.3 Å². The summed E-state index contributed by atoms with van der Waals surface area (Å²) in [4.78, 5) is 18.1. The normalized spacial score (nSPS) is 13.3. The van der Waals surface area contributed by atoms with Crippen LogP contribution in [0.2, 0.25) is 0 Å². The van der Waals surface area contributed by atoms with E-state index in [0.717, 1.165) is 24.1 Å². The van der Waals surface area contributed by atoms with Crippen molar-refractivity contribution in [2.45, 2.75) is 32.1 Å². The van der Waals surface area contributed by atoms with Crippen LogP contribution >= 0.6 is 11.3 Å². The van der Waals surface area contributed by atoms with Gasteiger partial charge in [0.25, 0.3) is 0 Å². The standard InChI is InChI=1S/C17H20N2O3S/c1-21-13-8-7-11(9-14(13)22-2)10-16(20)19-17-18-12-5-3-4-6-15(12)23-17/h7-9H,3-6,10H2,1-2H3,(H,18,19,20). The van der Waals surface area contributed by atoms with Gasteiger partial charge in [-0.15, -0.1) is 11.3 Å². The van der Waals surface area contributed by atoms with E-state index >= 15 is 0 Å². The lowest BCUT2D eigenvalue weighted by molar-refractivity contribution is -0.115. The third-order valence-corrected chi connectivity index (χ3v) is 4.98. The summed E-state index contributed by atoms with van der Waals surface area (Å²) in [6.45, 7) is 0. The van der Waals surface area contributed by atoms with E-state index in [9.17, 15) is 4.79 Å². The molecule has 0 spiro atoms. The van der Waals surface area contributed by atoms with Crippen molar-refractivity contribution < 1.29 is 14.3 Å². The third kappa shape index (κ3) is 3.64. The van der Waals surface area contributed by atoms with Gasteiger partial charge < -0.3 is 14.8 Å². The van der Waals surface area contributed by atoms with Crippen molar-refractivity contribution in [3.63, 3.8) is 0 Å². The number of aryl methyl sites for hydroxylation is 2. The average Bonchev–Trinajstić information content (AvgIpc) is 2.96. The number of fused-ring (bicyclic) bond motifs is 1. The largest absolute Gasteiger partial charge is 0.493 e. The molecule has 1 aliphatic carbocycles. The summed E-state index contributed by atoms with van der Waals surface area (Å²) in [7, 11) is 3.18. The Morgan fingerprint density at radius 1 is 1.22 bits per heavy atom. The molecule has 0 saturated carbocycles. The number of carbonyl (C=O) groups is 1. The number of ether oxygens (including phenoxy) is 2. The maximum absolute atomic E-state index is 12.2. The summed E-state index contributed by atoms with van der Waals surface area (Å²) in [5.41, 5.74) is 2.03. The fraction of sp³-hybridized carbons (Fsp3) is 0.412. The zero-order valence-corrected chi connectivity index (χ0v) is 14.2. The molecule has 122 valence electrons. The first-order valence-corrected chi connectivity index (χ1v) is 8.50. The van der Waals surface area contributed by atoms with Gasteiger partial charge in [0.15, 0.2) is 16.6 Å². The molecule has 3 rings (SSSR count). The van der Waals surface area contributed by atoms with Gasteiger partial charge >= 0.3 is 0 Å². The summed E-state index contributed by atoms with van der Waals surface area (Å²) in [5, 5.41) is 3.62. The molecular formula is C17H20N2O3S. The number of benzene rings is 1. The molecule has 0 fully saturated rings. The van der Waals surface area contributed by atoms with Crippen LogP contribution in [0.3, 0.4) is 0 Å². The number of nitrogens with one attached hydrogen (secondary N) is 1. The van der Waals surface area contributed by atoms with E-state index in [-0.39, 0.29) is 12.3 Å². The van der Waals surface area contributed by atoms with E-state index in [1.54, 1.807) is 25.6 Å². The second kappa shape index (κ2) is 7.00. The first-order chi connectivity index (χ1) is 11.2. The van der Waals surface area contributed by atoms with Gasteiger partial charge in [-0.3, -0.25) is 4.79 Å². The van der Waals surface area contributed by atoms with Crippen molar-refractivity contribution in [1.29, 1.82) is 0 Å². The number of carbonyl (C=O) groups excluding carboxylic acids is 1. The van der Waals surface area contributed by atoms with Crippen LogP contribution in [0.4, 0.5) is 5.13 Å². The molecule has 0 saturated heterocycles. The Balaban J connectivity index is 1.66. The minimum Gasteiger partial charge on any atom is -0.493 e. The van der Waals surface area contributed by atoms with Crippen LogP contribution in [-0.2, 0) is 24.1 Å². The Labute approximate surface area is 139 Å². The van der Waals surface area contributed by atoms with E-state index < -0.39 is 0 Å². The van der Waals surface area contributed by atoms with Gasteiger partial charge in [-0.25, -0.2) is 4.98 Å². The maximum Gasteiger partial charge on any atom is 0.230 e. The Hall–Kier alpha value is -2.08. The highest BCUT2D eigenvalue weighted by Gasteiger charge is 2.16. The van der Waals surface area contributed by atoms with E-state index in [4.69, 9.17) is 9.47 Å². The fourth-order valence-electron chi connectivity index (χ4n) is 2.74. The Morgan fingerprint density at radius 3 is 2.74 bits per heavy atom. The highest BCUT2D eigenvalue weighted by Crippen LogP contribution is 2.30. The van der Waals surface area contributed by atoms with Gasteiger partial charge in [-0.2, -0.15) is 0 Å². The molecule has 6 heteroatoms. The molecular weight excluding hydrogens is 312 g/mol. The molecule has 0 aliphatic heterocycles. The summed E-state index contributed by atoms with van der Waals surface area (Å²) in [6, 6.07) is 5.50. The molecule has 1 aliphatic rings. The number of anilines is 1. The van der Waals surface area contributed by atoms with Gasteiger partial charge in [0.2, 0.25) is 5.91 Å². The second-order valence-electron chi connectivity index (χ2n) is 5.51. The molecule has 23 heavy (non-hydrogen) atoms. The minimum absolute atomic E-state index is 0.0664. The second-order valence-corrected chi connectivity index (χ2v) is 6.59. The Kier molecular flexibility index (Phi) is 4.81. The van der Waals surface area contributed by atoms with E-state index in [1.165, 1.54) is 17.7 Å². The molecule has 0 atom stereocenters. The monoisotopic (exact) mass is 332 g/mol.